The van der Waals surface area contributed by atoms with Crippen LogP contribution in [0, 0.1) is 6.92 Å². The number of phenols is 2. The largest absolute Gasteiger partial charge is 0.504 e. The molecule has 0 spiro atoms. The van der Waals surface area contributed by atoms with Gasteiger partial charge < -0.3 is 21.1 Å². The minimum Gasteiger partial charge on any atom is -0.504 e. The maximum Gasteiger partial charge on any atom is 0.312 e. The highest BCUT2D eigenvalue weighted by molar-refractivity contribution is 5.77. The van der Waals surface area contributed by atoms with Gasteiger partial charge in [-0.15, -0.1) is 0 Å². The molecule has 15 heavy (non-hydrogen) atoms. The average molecular weight is 211 g/mol. The molecule has 1 rings (SSSR count). The molecule has 0 radical (unpaired) electrons. The molecular weight excluding hydrogens is 198 g/mol. The number of rotatable bonds is 3. The van der Waals surface area contributed by atoms with Crippen molar-refractivity contribution in [2.24, 2.45) is 5.73 Å². The lowest BCUT2D eigenvalue weighted by atomic mass is 9.97. The Labute approximate surface area is 86.8 Å². The number of carboxylic acids is 1. The molecule has 1 aromatic carbocycles. The summed E-state index contributed by atoms with van der Waals surface area (Å²) in [5.41, 5.74) is 6.13. The second-order valence-electron chi connectivity index (χ2n) is 3.33. The zero-order chi connectivity index (χ0) is 11.6. The standard InChI is InChI=1S/C10H13NO4/c1-5-2-6(3-8(12)9(5)13)7(4-11)10(14)15/h2-3,7,12-13H,4,11H2,1H3,(H,14,15). The van der Waals surface area contributed by atoms with Gasteiger partial charge in [0.05, 0.1) is 5.92 Å². The van der Waals surface area contributed by atoms with Crippen molar-refractivity contribution in [1.29, 1.82) is 0 Å². The molecule has 1 atom stereocenters. The Hall–Kier alpha value is -1.75. The van der Waals surface area contributed by atoms with Gasteiger partial charge in [-0.1, -0.05) is 6.07 Å². The van der Waals surface area contributed by atoms with Crippen LogP contribution in [-0.2, 0) is 4.79 Å². The quantitative estimate of drug-likeness (QED) is 0.546. The molecule has 82 valence electrons. The number of aromatic hydroxyl groups is 2. The molecule has 0 bridgehead atoms. The summed E-state index contributed by atoms with van der Waals surface area (Å²) < 4.78 is 0. The maximum atomic E-state index is 10.8. The summed E-state index contributed by atoms with van der Waals surface area (Å²) in [6, 6.07) is 2.72. The van der Waals surface area contributed by atoms with Crippen molar-refractivity contribution >= 4 is 5.97 Å². The third-order valence-corrected chi connectivity index (χ3v) is 2.24. The molecule has 0 aliphatic rings. The maximum absolute atomic E-state index is 10.8. The third kappa shape index (κ3) is 2.19. The third-order valence-electron chi connectivity index (χ3n) is 2.24. The Morgan fingerprint density at radius 1 is 1.47 bits per heavy atom. The molecule has 1 aromatic rings. The van der Waals surface area contributed by atoms with E-state index in [0.717, 1.165) is 0 Å². The van der Waals surface area contributed by atoms with Crippen LogP contribution in [0.4, 0.5) is 0 Å². The van der Waals surface area contributed by atoms with Crippen molar-refractivity contribution in [2.75, 3.05) is 6.54 Å². The topological polar surface area (TPSA) is 104 Å². The van der Waals surface area contributed by atoms with Gasteiger partial charge in [0.1, 0.15) is 0 Å². The van der Waals surface area contributed by atoms with E-state index < -0.39 is 11.9 Å². The van der Waals surface area contributed by atoms with Gasteiger partial charge in [0, 0.05) is 6.54 Å². The molecule has 0 fully saturated rings. The summed E-state index contributed by atoms with van der Waals surface area (Å²) in [6.07, 6.45) is 0. The zero-order valence-corrected chi connectivity index (χ0v) is 8.27. The first-order valence-electron chi connectivity index (χ1n) is 4.42. The van der Waals surface area contributed by atoms with Crippen molar-refractivity contribution in [3.63, 3.8) is 0 Å². The van der Waals surface area contributed by atoms with Crippen molar-refractivity contribution in [3.8, 4) is 11.5 Å². The van der Waals surface area contributed by atoms with Crippen molar-refractivity contribution in [2.45, 2.75) is 12.8 Å². The number of nitrogens with two attached hydrogens (primary N) is 1. The monoisotopic (exact) mass is 211 g/mol. The smallest absolute Gasteiger partial charge is 0.312 e. The fourth-order valence-corrected chi connectivity index (χ4v) is 1.37. The molecule has 5 N–H and O–H groups in total. The fourth-order valence-electron chi connectivity index (χ4n) is 1.37. The Morgan fingerprint density at radius 3 is 2.47 bits per heavy atom. The SMILES string of the molecule is Cc1cc(C(CN)C(=O)O)cc(O)c1O. The number of benzene rings is 1. The highest BCUT2D eigenvalue weighted by Crippen LogP contribution is 2.32. The van der Waals surface area contributed by atoms with E-state index in [1.807, 2.05) is 0 Å². The van der Waals surface area contributed by atoms with Crippen LogP contribution < -0.4 is 5.73 Å². The molecule has 0 amide bonds. The van der Waals surface area contributed by atoms with Crippen molar-refractivity contribution in [3.05, 3.63) is 23.3 Å². The zero-order valence-electron chi connectivity index (χ0n) is 8.27. The minimum absolute atomic E-state index is 0.0566. The number of carboxylic acid groups (broad SMARTS) is 1. The average Bonchev–Trinajstić information content (AvgIpc) is 2.14. The predicted octanol–water partition coefficient (Wildman–Crippen LogP) is 0.533. The van der Waals surface area contributed by atoms with Crippen molar-refractivity contribution < 1.29 is 20.1 Å². The Balaban J connectivity index is 3.20. The van der Waals surface area contributed by atoms with Crippen LogP contribution in [0.1, 0.15) is 17.0 Å². The number of aliphatic carboxylic acids is 1. The fraction of sp³-hybridized carbons (Fsp3) is 0.300. The van der Waals surface area contributed by atoms with Crippen LogP contribution in [0.3, 0.4) is 0 Å². The first-order valence-corrected chi connectivity index (χ1v) is 4.42. The van der Waals surface area contributed by atoms with Gasteiger partial charge in [-0.25, -0.2) is 0 Å². The second-order valence-corrected chi connectivity index (χ2v) is 3.33. The Bertz CT molecular complexity index is 366. The lowest BCUT2D eigenvalue weighted by Gasteiger charge is -2.12. The minimum atomic E-state index is -1.05. The number of phenolic OH excluding ortho intramolecular Hbond substituents is 2. The Morgan fingerprint density at radius 2 is 2.07 bits per heavy atom. The van der Waals surface area contributed by atoms with Gasteiger partial charge in [-0.05, 0) is 24.1 Å². The summed E-state index contributed by atoms with van der Waals surface area (Å²) in [6.45, 7) is 1.52. The molecule has 0 heterocycles. The van der Waals surface area contributed by atoms with E-state index in [1.165, 1.54) is 12.1 Å². The first kappa shape index (κ1) is 11.3. The van der Waals surface area contributed by atoms with Gasteiger partial charge >= 0.3 is 5.97 Å². The normalized spacial score (nSPS) is 12.4. The van der Waals surface area contributed by atoms with E-state index in [0.29, 0.717) is 11.1 Å². The number of hydrogen-bond donors (Lipinski definition) is 4. The highest BCUT2D eigenvalue weighted by Gasteiger charge is 2.20. The summed E-state index contributed by atoms with van der Waals surface area (Å²) in [5, 5.41) is 27.5. The van der Waals surface area contributed by atoms with E-state index in [-0.39, 0.29) is 18.0 Å². The molecular formula is C10H13NO4. The summed E-state index contributed by atoms with van der Waals surface area (Å²) in [7, 11) is 0. The van der Waals surface area contributed by atoms with Gasteiger partial charge in [-0.2, -0.15) is 0 Å². The van der Waals surface area contributed by atoms with Crippen molar-refractivity contribution in [1.82, 2.24) is 0 Å². The van der Waals surface area contributed by atoms with E-state index in [1.54, 1.807) is 6.92 Å². The Kier molecular flexibility index (Phi) is 3.16. The van der Waals surface area contributed by atoms with E-state index in [4.69, 9.17) is 10.8 Å². The van der Waals surface area contributed by atoms with Crippen LogP contribution in [0.25, 0.3) is 0 Å². The van der Waals surface area contributed by atoms with Crippen LogP contribution >= 0.6 is 0 Å². The molecule has 0 aliphatic heterocycles. The lowest BCUT2D eigenvalue weighted by molar-refractivity contribution is -0.138. The molecule has 0 saturated heterocycles. The van der Waals surface area contributed by atoms with Gasteiger partial charge in [0.2, 0.25) is 0 Å². The molecule has 5 nitrogen and oxygen atoms in total. The molecule has 0 saturated carbocycles. The predicted molar refractivity (Wildman–Crippen MR) is 53.9 cm³/mol. The second kappa shape index (κ2) is 4.18. The summed E-state index contributed by atoms with van der Waals surface area (Å²) in [4.78, 5) is 10.8. The highest BCUT2D eigenvalue weighted by atomic mass is 16.4. The summed E-state index contributed by atoms with van der Waals surface area (Å²) >= 11 is 0. The van der Waals surface area contributed by atoms with Gasteiger partial charge in [0.25, 0.3) is 0 Å². The van der Waals surface area contributed by atoms with E-state index >= 15 is 0 Å². The molecule has 0 aliphatic carbocycles. The van der Waals surface area contributed by atoms with E-state index in [2.05, 4.69) is 0 Å². The van der Waals surface area contributed by atoms with E-state index in [9.17, 15) is 15.0 Å². The van der Waals surface area contributed by atoms with Crippen LogP contribution in [-0.4, -0.2) is 27.8 Å². The van der Waals surface area contributed by atoms with Crippen LogP contribution in [0.15, 0.2) is 12.1 Å². The summed E-state index contributed by atoms with van der Waals surface area (Å²) in [5.74, 6) is -2.48. The van der Waals surface area contributed by atoms with Gasteiger partial charge in [0.15, 0.2) is 11.5 Å². The number of carbonyl (C=O) groups is 1. The number of hydrogen-bond acceptors (Lipinski definition) is 4. The molecule has 5 heteroatoms. The first-order chi connectivity index (χ1) is 6.97. The lowest BCUT2D eigenvalue weighted by Crippen LogP contribution is -2.21. The van der Waals surface area contributed by atoms with Gasteiger partial charge in [-0.3, -0.25) is 4.79 Å². The molecule has 1 unspecified atom stereocenters. The number of aryl methyl sites for hydroxylation is 1. The van der Waals surface area contributed by atoms with Crippen LogP contribution in [0.2, 0.25) is 0 Å². The molecule has 0 aromatic heterocycles. The van der Waals surface area contributed by atoms with Crippen LogP contribution in [0.5, 0.6) is 11.5 Å².